The summed E-state index contributed by atoms with van der Waals surface area (Å²) in [6, 6.07) is 10.9. The lowest BCUT2D eigenvalue weighted by atomic mass is 10.3. The fourth-order valence-electron chi connectivity index (χ4n) is 2.67. The molecule has 0 saturated heterocycles. The maximum Gasteiger partial charge on any atom is 0.250 e. The third-order valence-corrected chi connectivity index (χ3v) is 8.07. The van der Waals surface area contributed by atoms with Crippen molar-refractivity contribution in [2.75, 3.05) is 11.9 Å². The van der Waals surface area contributed by atoms with Crippen LogP contribution in [0.25, 0.3) is 0 Å². The van der Waals surface area contributed by atoms with E-state index < -0.39 is 15.9 Å². The molecule has 8 heteroatoms. The Morgan fingerprint density at radius 2 is 1.88 bits per heavy atom. The average molecular weight is 397 g/mol. The van der Waals surface area contributed by atoms with Crippen LogP contribution >= 0.6 is 23.1 Å². The van der Waals surface area contributed by atoms with E-state index in [9.17, 15) is 13.2 Å². The molecule has 134 valence electrons. The molecule has 1 fully saturated rings. The van der Waals surface area contributed by atoms with Gasteiger partial charge < -0.3 is 5.32 Å². The van der Waals surface area contributed by atoms with Gasteiger partial charge in [0.05, 0.1) is 6.54 Å². The lowest BCUT2D eigenvalue weighted by Gasteiger charge is -2.10. The van der Waals surface area contributed by atoms with Crippen LogP contribution in [-0.4, -0.2) is 26.1 Å². The summed E-state index contributed by atoms with van der Waals surface area (Å²) in [4.78, 5) is 13.1. The second-order valence-electron chi connectivity index (χ2n) is 5.85. The van der Waals surface area contributed by atoms with Gasteiger partial charge in [-0.05, 0) is 48.6 Å². The zero-order valence-electron chi connectivity index (χ0n) is 13.6. The van der Waals surface area contributed by atoms with Crippen LogP contribution in [0.5, 0.6) is 0 Å². The number of sulfonamides is 1. The van der Waals surface area contributed by atoms with Gasteiger partial charge in [-0.15, -0.1) is 23.1 Å². The summed E-state index contributed by atoms with van der Waals surface area (Å²) in [5.41, 5.74) is 0.663. The number of nitrogens with one attached hydrogen (secondary N) is 2. The van der Waals surface area contributed by atoms with Gasteiger partial charge in [0.25, 0.3) is 10.0 Å². The summed E-state index contributed by atoms with van der Waals surface area (Å²) < 4.78 is 26.5. The summed E-state index contributed by atoms with van der Waals surface area (Å²) in [5, 5.41) is 5.09. The highest BCUT2D eigenvalue weighted by atomic mass is 32.2. The van der Waals surface area contributed by atoms with E-state index in [2.05, 4.69) is 10.0 Å². The molecule has 0 radical (unpaired) electrons. The number of thioether (sulfide) groups is 1. The lowest BCUT2D eigenvalue weighted by Crippen LogP contribution is -2.32. The predicted octanol–water partition coefficient (Wildman–Crippen LogP) is 3.70. The van der Waals surface area contributed by atoms with Gasteiger partial charge in [0.1, 0.15) is 4.21 Å². The van der Waals surface area contributed by atoms with Crippen molar-refractivity contribution in [3.63, 3.8) is 0 Å². The third-order valence-electron chi connectivity index (χ3n) is 3.93. The minimum Gasteiger partial charge on any atom is -0.325 e. The highest BCUT2D eigenvalue weighted by molar-refractivity contribution is 8.00. The molecule has 0 atom stereocenters. The normalized spacial score (nSPS) is 15.4. The lowest BCUT2D eigenvalue weighted by molar-refractivity contribution is -0.115. The standard InChI is InChI=1S/C17H20N2O3S3/c20-16(12-18-25(21,22)17-6-3-11-23-17)19-13-7-9-15(10-8-13)24-14-4-1-2-5-14/h3,6-11,14,18H,1-2,4-5,12H2,(H,19,20). The number of hydrogen-bond acceptors (Lipinski definition) is 5. The number of carbonyl (C=O) groups is 1. The summed E-state index contributed by atoms with van der Waals surface area (Å²) in [6.45, 7) is -0.293. The molecule has 0 bridgehead atoms. The van der Waals surface area contributed by atoms with Gasteiger partial charge in [-0.3, -0.25) is 4.79 Å². The molecular weight excluding hydrogens is 376 g/mol. The molecule has 1 aliphatic rings. The number of carbonyl (C=O) groups excluding carboxylic acids is 1. The van der Waals surface area contributed by atoms with Gasteiger partial charge in [0, 0.05) is 15.8 Å². The van der Waals surface area contributed by atoms with Crippen LogP contribution in [-0.2, 0) is 14.8 Å². The Kier molecular flexibility index (Phi) is 6.16. The molecule has 0 unspecified atom stereocenters. The highest BCUT2D eigenvalue weighted by Gasteiger charge is 2.17. The number of thiophene rings is 1. The van der Waals surface area contributed by atoms with Gasteiger partial charge in [0.15, 0.2) is 0 Å². The SMILES string of the molecule is O=C(CNS(=O)(=O)c1cccs1)Nc1ccc(SC2CCCC2)cc1. The number of hydrogen-bond donors (Lipinski definition) is 2. The molecule has 25 heavy (non-hydrogen) atoms. The summed E-state index contributed by atoms with van der Waals surface area (Å²) >= 11 is 3.00. The van der Waals surface area contributed by atoms with Crippen LogP contribution in [0.3, 0.4) is 0 Å². The Morgan fingerprint density at radius 1 is 1.16 bits per heavy atom. The Labute approximate surface area is 156 Å². The minimum absolute atomic E-state index is 0.202. The van der Waals surface area contributed by atoms with Crippen molar-refractivity contribution in [1.82, 2.24) is 4.72 Å². The Bertz CT molecular complexity index is 796. The summed E-state index contributed by atoms with van der Waals surface area (Å²) in [7, 11) is -3.62. The average Bonchev–Trinajstić information content (AvgIpc) is 3.29. The molecule has 0 spiro atoms. The Balaban J connectivity index is 1.49. The molecule has 1 heterocycles. The van der Waals surface area contributed by atoms with Crippen LogP contribution in [0.15, 0.2) is 50.9 Å². The maximum atomic E-state index is 12.0. The van der Waals surface area contributed by atoms with E-state index in [0.29, 0.717) is 10.9 Å². The quantitative estimate of drug-likeness (QED) is 0.748. The molecule has 0 aliphatic heterocycles. The monoisotopic (exact) mass is 396 g/mol. The fourth-order valence-corrected chi connectivity index (χ4v) is 5.94. The van der Waals surface area contributed by atoms with Gasteiger partial charge in [-0.2, -0.15) is 0 Å². The number of rotatable bonds is 7. The van der Waals surface area contributed by atoms with Crippen molar-refractivity contribution < 1.29 is 13.2 Å². The van der Waals surface area contributed by atoms with Crippen molar-refractivity contribution in [3.8, 4) is 0 Å². The molecule has 1 aromatic heterocycles. The number of anilines is 1. The largest absolute Gasteiger partial charge is 0.325 e. The fraction of sp³-hybridized carbons (Fsp3) is 0.353. The molecule has 2 aromatic rings. The first kappa shape index (κ1) is 18.4. The van der Waals surface area contributed by atoms with Crippen molar-refractivity contribution in [2.24, 2.45) is 0 Å². The van der Waals surface area contributed by atoms with E-state index >= 15 is 0 Å². The topological polar surface area (TPSA) is 75.3 Å². The van der Waals surface area contributed by atoms with E-state index in [4.69, 9.17) is 0 Å². The van der Waals surface area contributed by atoms with Crippen LogP contribution < -0.4 is 10.0 Å². The Hall–Kier alpha value is -1.35. The molecule has 5 nitrogen and oxygen atoms in total. The maximum absolute atomic E-state index is 12.0. The van der Waals surface area contributed by atoms with Crippen molar-refractivity contribution >= 4 is 44.7 Å². The molecule has 1 saturated carbocycles. The van der Waals surface area contributed by atoms with Crippen LogP contribution in [0, 0.1) is 0 Å². The second kappa shape index (κ2) is 8.35. The second-order valence-corrected chi connectivity index (χ2v) is 10.2. The highest BCUT2D eigenvalue weighted by Crippen LogP contribution is 2.34. The molecular formula is C17H20N2O3S3. The zero-order valence-corrected chi connectivity index (χ0v) is 16.1. The number of benzene rings is 1. The molecule has 1 aromatic carbocycles. The van der Waals surface area contributed by atoms with Crippen LogP contribution in [0.2, 0.25) is 0 Å². The van der Waals surface area contributed by atoms with E-state index in [1.807, 2.05) is 36.0 Å². The third kappa shape index (κ3) is 5.31. The summed E-state index contributed by atoms with van der Waals surface area (Å²) in [6.07, 6.45) is 5.17. The van der Waals surface area contributed by atoms with Crippen molar-refractivity contribution in [3.05, 3.63) is 41.8 Å². The first-order chi connectivity index (χ1) is 12.0. The van der Waals surface area contributed by atoms with Gasteiger partial charge in [0.2, 0.25) is 5.91 Å². The molecule has 3 rings (SSSR count). The van der Waals surface area contributed by atoms with Gasteiger partial charge in [-0.25, -0.2) is 13.1 Å². The Morgan fingerprint density at radius 3 is 2.52 bits per heavy atom. The zero-order chi connectivity index (χ0) is 17.7. The molecule has 2 N–H and O–H groups in total. The number of amides is 1. The van der Waals surface area contributed by atoms with Crippen molar-refractivity contribution in [2.45, 2.75) is 40.0 Å². The first-order valence-corrected chi connectivity index (χ1v) is 11.4. The smallest absolute Gasteiger partial charge is 0.250 e. The minimum atomic E-state index is -3.62. The van der Waals surface area contributed by atoms with E-state index in [0.717, 1.165) is 11.3 Å². The van der Waals surface area contributed by atoms with Gasteiger partial charge >= 0.3 is 0 Å². The molecule has 1 aliphatic carbocycles. The van der Waals surface area contributed by atoms with Gasteiger partial charge in [-0.1, -0.05) is 18.9 Å². The van der Waals surface area contributed by atoms with E-state index in [1.165, 1.54) is 36.6 Å². The summed E-state index contributed by atoms with van der Waals surface area (Å²) in [5.74, 6) is -0.392. The molecule has 1 amide bonds. The first-order valence-electron chi connectivity index (χ1n) is 8.13. The van der Waals surface area contributed by atoms with Crippen molar-refractivity contribution in [1.29, 1.82) is 0 Å². The predicted molar refractivity (Wildman–Crippen MR) is 103 cm³/mol. The van der Waals surface area contributed by atoms with E-state index in [1.54, 1.807) is 11.4 Å². The van der Waals surface area contributed by atoms with E-state index in [-0.39, 0.29) is 10.8 Å². The van der Waals surface area contributed by atoms with Crippen LogP contribution in [0.4, 0.5) is 5.69 Å². The van der Waals surface area contributed by atoms with Crippen LogP contribution in [0.1, 0.15) is 25.7 Å².